The first-order valence-electron chi connectivity index (χ1n) is 8.62. The van der Waals surface area contributed by atoms with Crippen molar-refractivity contribution in [2.45, 2.75) is 26.8 Å². The number of fused-ring (bicyclic) bond motifs is 1. The first kappa shape index (κ1) is 18.9. The van der Waals surface area contributed by atoms with Gasteiger partial charge in [-0.25, -0.2) is 18.9 Å². The Morgan fingerprint density at radius 2 is 2.15 bits per heavy atom. The molecule has 1 amide bonds. The van der Waals surface area contributed by atoms with E-state index < -0.39 is 5.69 Å². The van der Waals surface area contributed by atoms with Gasteiger partial charge in [-0.15, -0.1) is 5.10 Å². The summed E-state index contributed by atoms with van der Waals surface area (Å²) in [6.07, 6.45) is 4.02. The zero-order chi connectivity index (χ0) is 19.6. The molecule has 8 nitrogen and oxygen atoms in total. The Bertz CT molecular complexity index is 1040. The number of aromatic nitrogens is 4. The van der Waals surface area contributed by atoms with Crippen LogP contribution in [-0.2, 0) is 11.3 Å². The second-order valence-corrected chi connectivity index (χ2v) is 6.74. The van der Waals surface area contributed by atoms with E-state index in [1.165, 1.54) is 4.40 Å². The fourth-order valence-electron chi connectivity index (χ4n) is 2.80. The molecule has 0 saturated heterocycles. The van der Waals surface area contributed by atoms with Gasteiger partial charge in [-0.3, -0.25) is 4.79 Å². The lowest BCUT2D eigenvalue weighted by Crippen LogP contribution is -2.28. The van der Waals surface area contributed by atoms with Crippen molar-refractivity contribution in [3.8, 4) is 0 Å². The van der Waals surface area contributed by atoms with E-state index in [1.807, 2.05) is 24.9 Å². The Morgan fingerprint density at radius 1 is 1.37 bits per heavy atom. The second kappa shape index (κ2) is 7.79. The van der Waals surface area contributed by atoms with Gasteiger partial charge in [-0.2, -0.15) is 0 Å². The number of rotatable bonds is 6. The maximum absolute atomic E-state index is 12.6. The largest absolute Gasteiger partial charge is 0.357 e. The number of halogens is 1. The lowest BCUT2D eigenvalue weighted by atomic mass is 10.2. The minimum Gasteiger partial charge on any atom is -0.357 e. The number of nitrogens with zero attached hydrogens (tertiary/aromatic N) is 5. The monoisotopic (exact) mass is 388 g/mol. The van der Waals surface area contributed by atoms with Crippen LogP contribution in [-0.4, -0.2) is 38.7 Å². The molecule has 0 saturated carbocycles. The molecule has 1 aromatic carbocycles. The van der Waals surface area contributed by atoms with Gasteiger partial charge in [0.25, 0.3) is 0 Å². The molecule has 0 bridgehead atoms. The van der Waals surface area contributed by atoms with E-state index in [0.717, 1.165) is 23.2 Å². The summed E-state index contributed by atoms with van der Waals surface area (Å²) in [5.74, 6) is 0.208. The van der Waals surface area contributed by atoms with Gasteiger partial charge in [0, 0.05) is 26.0 Å². The van der Waals surface area contributed by atoms with Gasteiger partial charge in [-0.05, 0) is 31.0 Å². The van der Waals surface area contributed by atoms with E-state index in [1.54, 1.807) is 24.5 Å². The lowest BCUT2D eigenvalue weighted by Gasteiger charge is -2.16. The highest BCUT2D eigenvalue weighted by Crippen LogP contribution is 2.22. The fraction of sp³-hybridized carbons (Fsp3) is 0.333. The van der Waals surface area contributed by atoms with Crippen LogP contribution in [0.2, 0.25) is 5.02 Å². The average Bonchev–Trinajstić information content (AvgIpc) is 2.93. The molecule has 0 unspecified atom stereocenters. The molecule has 0 atom stereocenters. The van der Waals surface area contributed by atoms with Crippen molar-refractivity contribution in [2.24, 2.45) is 0 Å². The second-order valence-electron chi connectivity index (χ2n) is 6.34. The van der Waals surface area contributed by atoms with Crippen molar-refractivity contribution >= 4 is 34.7 Å². The zero-order valence-electron chi connectivity index (χ0n) is 15.4. The number of carbonyl (C=O) groups is 1. The number of carbonyl (C=O) groups excluding carboxylic acids is 1. The minimum absolute atomic E-state index is 0.221. The van der Waals surface area contributed by atoms with Gasteiger partial charge < -0.3 is 10.2 Å². The Labute approximate surface area is 161 Å². The minimum atomic E-state index is -0.399. The first-order chi connectivity index (χ1) is 12.9. The maximum Gasteiger partial charge on any atom is 0.350 e. The summed E-state index contributed by atoms with van der Waals surface area (Å²) >= 11 is 6.14. The molecule has 0 aliphatic heterocycles. The molecule has 2 aromatic heterocycles. The van der Waals surface area contributed by atoms with Crippen LogP contribution in [0, 0.1) is 6.92 Å². The van der Waals surface area contributed by atoms with E-state index >= 15 is 0 Å². The summed E-state index contributed by atoms with van der Waals surface area (Å²) in [5.41, 5.74) is 1.50. The molecule has 0 radical (unpaired) electrons. The average molecular weight is 389 g/mol. The van der Waals surface area contributed by atoms with Crippen molar-refractivity contribution < 1.29 is 4.79 Å². The molecular formula is C18H21ClN6O2. The van der Waals surface area contributed by atoms with E-state index in [4.69, 9.17) is 11.6 Å². The van der Waals surface area contributed by atoms with Gasteiger partial charge in [0.2, 0.25) is 11.6 Å². The third kappa shape index (κ3) is 3.95. The summed E-state index contributed by atoms with van der Waals surface area (Å²) in [7, 11) is 1.89. The number of anilines is 2. The Balaban J connectivity index is 1.86. The van der Waals surface area contributed by atoms with Crippen LogP contribution in [0.5, 0.6) is 0 Å². The topological polar surface area (TPSA) is 84.5 Å². The van der Waals surface area contributed by atoms with E-state index in [9.17, 15) is 9.59 Å². The van der Waals surface area contributed by atoms with Gasteiger partial charge in [0.15, 0.2) is 5.82 Å². The summed E-state index contributed by atoms with van der Waals surface area (Å²) in [4.78, 5) is 31.2. The molecule has 0 spiro atoms. The van der Waals surface area contributed by atoms with E-state index in [0.29, 0.717) is 22.2 Å². The van der Waals surface area contributed by atoms with Crippen LogP contribution in [0.15, 0.2) is 35.4 Å². The van der Waals surface area contributed by atoms with Crippen LogP contribution in [0.1, 0.15) is 18.9 Å². The quantitative estimate of drug-likeness (QED) is 0.700. The molecule has 9 heteroatoms. The van der Waals surface area contributed by atoms with Crippen LogP contribution >= 0.6 is 11.6 Å². The van der Waals surface area contributed by atoms with Gasteiger partial charge in [-0.1, -0.05) is 24.6 Å². The molecule has 2 heterocycles. The normalized spacial score (nSPS) is 11.0. The summed E-state index contributed by atoms with van der Waals surface area (Å²) in [6, 6.07) is 5.33. The van der Waals surface area contributed by atoms with Gasteiger partial charge in [0.05, 0.1) is 10.7 Å². The molecule has 142 valence electrons. The highest BCUT2D eigenvalue weighted by atomic mass is 35.5. The molecule has 0 aliphatic carbocycles. The molecular weight excluding hydrogens is 368 g/mol. The predicted molar refractivity (Wildman–Crippen MR) is 106 cm³/mol. The van der Waals surface area contributed by atoms with Crippen LogP contribution in [0.3, 0.4) is 0 Å². The summed E-state index contributed by atoms with van der Waals surface area (Å²) in [6.45, 7) is 4.53. The Kier molecular flexibility index (Phi) is 5.46. The molecule has 3 rings (SSSR count). The SMILES string of the molecule is CCCN(C)c1nccn2c(=O)n(CC(=O)Nc3ccc(C)cc3Cl)nc12. The molecule has 0 fully saturated rings. The Hall–Kier alpha value is -2.87. The number of hydrogen-bond donors (Lipinski definition) is 1. The van der Waals surface area contributed by atoms with E-state index in [-0.39, 0.29) is 12.5 Å². The van der Waals surface area contributed by atoms with Crippen molar-refractivity contribution in [3.63, 3.8) is 0 Å². The fourth-order valence-corrected chi connectivity index (χ4v) is 3.08. The Morgan fingerprint density at radius 3 is 2.85 bits per heavy atom. The van der Waals surface area contributed by atoms with Crippen LogP contribution < -0.4 is 15.9 Å². The number of benzene rings is 1. The summed E-state index contributed by atoms with van der Waals surface area (Å²) < 4.78 is 2.51. The van der Waals surface area contributed by atoms with Gasteiger partial charge in [0.1, 0.15) is 6.54 Å². The highest BCUT2D eigenvalue weighted by molar-refractivity contribution is 6.33. The van der Waals surface area contributed by atoms with Crippen molar-refractivity contribution in [1.82, 2.24) is 19.2 Å². The first-order valence-corrected chi connectivity index (χ1v) is 8.99. The molecule has 0 aliphatic rings. The van der Waals surface area contributed by atoms with Crippen molar-refractivity contribution in [2.75, 3.05) is 23.8 Å². The lowest BCUT2D eigenvalue weighted by molar-refractivity contribution is -0.117. The van der Waals surface area contributed by atoms with Gasteiger partial charge >= 0.3 is 5.69 Å². The number of amides is 1. The number of hydrogen-bond acceptors (Lipinski definition) is 5. The van der Waals surface area contributed by atoms with E-state index in [2.05, 4.69) is 22.3 Å². The zero-order valence-corrected chi connectivity index (χ0v) is 16.2. The van der Waals surface area contributed by atoms with Crippen LogP contribution in [0.4, 0.5) is 11.5 Å². The number of nitrogens with one attached hydrogen (secondary N) is 1. The maximum atomic E-state index is 12.6. The number of aryl methyl sites for hydroxylation is 1. The summed E-state index contributed by atoms with van der Waals surface area (Å²) in [5, 5.41) is 7.46. The van der Waals surface area contributed by atoms with Crippen LogP contribution in [0.25, 0.3) is 5.65 Å². The highest BCUT2D eigenvalue weighted by Gasteiger charge is 2.16. The molecule has 27 heavy (non-hydrogen) atoms. The third-order valence-electron chi connectivity index (χ3n) is 4.10. The smallest absolute Gasteiger partial charge is 0.350 e. The van der Waals surface area contributed by atoms with Crippen molar-refractivity contribution in [1.29, 1.82) is 0 Å². The third-order valence-corrected chi connectivity index (χ3v) is 4.41. The molecule has 1 N–H and O–H groups in total. The predicted octanol–water partition coefficient (Wildman–Crippen LogP) is 2.34. The molecule has 3 aromatic rings. The standard InChI is InChI=1S/C18H21ClN6O2/c1-4-8-23(3)16-17-22-25(18(27)24(17)9-7-20-16)11-15(26)21-14-6-5-12(2)10-13(14)19/h5-7,9-10H,4,8,11H2,1-3H3,(H,21,26). The van der Waals surface area contributed by atoms with Crippen molar-refractivity contribution in [3.05, 3.63) is 51.7 Å².